The van der Waals surface area contributed by atoms with Crippen molar-refractivity contribution in [1.29, 1.82) is 5.26 Å². The lowest BCUT2D eigenvalue weighted by Crippen LogP contribution is -1.78. The molecule has 0 amide bonds. The Morgan fingerprint density at radius 1 is 1.58 bits per heavy atom. The zero-order valence-electron chi connectivity index (χ0n) is 5.87. The predicted molar refractivity (Wildman–Crippen MR) is 43.6 cm³/mol. The van der Waals surface area contributed by atoms with E-state index in [4.69, 9.17) is 16.9 Å². The summed E-state index contributed by atoms with van der Waals surface area (Å²) >= 11 is 5.73. The van der Waals surface area contributed by atoms with Gasteiger partial charge in [0.25, 0.3) is 0 Å². The Hall–Kier alpha value is -1.60. The van der Waals surface area contributed by atoms with Crippen molar-refractivity contribution in [2.45, 2.75) is 0 Å². The molecule has 0 aliphatic heterocycles. The summed E-state index contributed by atoms with van der Waals surface area (Å²) in [6, 6.07) is 3.62. The fourth-order valence-electron chi connectivity index (χ4n) is 0.932. The summed E-state index contributed by atoms with van der Waals surface area (Å²) in [6.07, 6.45) is 1.46. The van der Waals surface area contributed by atoms with E-state index in [1.807, 2.05) is 6.07 Å². The van der Waals surface area contributed by atoms with Gasteiger partial charge in [-0.25, -0.2) is 4.98 Å². The first-order valence-corrected chi connectivity index (χ1v) is 3.59. The third kappa shape index (κ3) is 0.917. The first kappa shape index (κ1) is 7.07. The lowest BCUT2D eigenvalue weighted by atomic mass is 10.2. The highest BCUT2D eigenvalue weighted by atomic mass is 35.5. The zero-order chi connectivity index (χ0) is 8.55. The van der Waals surface area contributed by atoms with E-state index in [2.05, 4.69) is 15.2 Å². The largest absolute Gasteiger partial charge is 0.264 e. The van der Waals surface area contributed by atoms with Crippen LogP contribution in [0, 0.1) is 11.3 Å². The molecule has 5 heteroatoms. The van der Waals surface area contributed by atoms with Crippen LogP contribution in [0.1, 0.15) is 5.56 Å². The second kappa shape index (κ2) is 2.47. The average Bonchev–Trinajstić information content (AvgIpc) is 2.47. The van der Waals surface area contributed by atoms with Gasteiger partial charge in [0, 0.05) is 6.20 Å². The standard InChI is InChI=1S/C7H3ClN4/c8-6-5-1-4(2-9)3-10-7(5)12-11-6/h1,3H,(H,10,11,12). The van der Waals surface area contributed by atoms with Crippen LogP contribution in [0.25, 0.3) is 11.0 Å². The van der Waals surface area contributed by atoms with Gasteiger partial charge >= 0.3 is 0 Å². The number of halogens is 1. The Kier molecular flexibility index (Phi) is 1.45. The van der Waals surface area contributed by atoms with Crippen LogP contribution in [0.3, 0.4) is 0 Å². The Morgan fingerprint density at radius 2 is 2.42 bits per heavy atom. The molecule has 2 rings (SSSR count). The van der Waals surface area contributed by atoms with Crippen molar-refractivity contribution in [3.63, 3.8) is 0 Å². The molecular weight excluding hydrogens is 176 g/mol. The van der Waals surface area contributed by atoms with Gasteiger partial charge in [0.15, 0.2) is 5.65 Å². The summed E-state index contributed by atoms with van der Waals surface area (Å²) < 4.78 is 0. The molecule has 0 saturated heterocycles. The molecule has 2 heterocycles. The Balaban J connectivity index is 2.82. The van der Waals surface area contributed by atoms with Crippen molar-refractivity contribution in [3.05, 3.63) is 23.0 Å². The van der Waals surface area contributed by atoms with E-state index in [1.54, 1.807) is 6.07 Å². The number of nitrogens with zero attached hydrogens (tertiary/aromatic N) is 3. The number of pyridine rings is 1. The monoisotopic (exact) mass is 178 g/mol. The number of nitrogens with one attached hydrogen (secondary N) is 1. The Labute approximate surface area is 72.8 Å². The predicted octanol–water partition coefficient (Wildman–Crippen LogP) is 1.48. The first-order chi connectivity index (χ1) is 5.81. The highest BCUT2D eigenvalue weighted by Gasteiger charge is 2.03. The van der Waals surface area contributed by atoms with Crippen molar-refractivity contribution in [2.24, 2.45) is 0 Å². The van der Waals surface area contributed by atoms with Gasteiger partial charge in [-0.15, -0.1) is 0 Å². The van der Waals surface area contributed by atoms with Crippen molar-refractivity contribution in [1.82, 2.24) is 15.2 Å². The second-order valence-corrected chi connectivity index (χ2v) is 2.62. The molecule has 4 nitrogen and oxygen atoms in total. The fourth-order valence-corrected chi connectivity index (χ4v) is 1.11. The van der Waals surface area contributed by atoms with Crippen LogP contribution in [-0.4, -0.2) is 15.2 Å². The topological polar surface area (TPSA) is 65.4 Å². The number of fused-ring (bicyclic) bond motifs is 1. The summed E-state index contributed by atoms with van der Waals surface area (Å²) in [5.74, 6) is 0. The third-order valence-electron chi connectivity index (χ3n) is 1.49. The maximum absolute atomic E-state index is 8.56. The summed E-state index contributed by atoms with van der Waals surface area (Å²) in [4.78, 5) is 3.92. The minimum Gasteiger partial charge on any atom is -0.264 e. The normalized spacial score (nSPS) is 10.0. The highest BCUT2D eigenvalue weighted by Crippen LogP contribution is 2.18. The van der Waals surface area contributed by atoms with Crippen LogP contribution >= 0.6 is 11.6 Å². The van der Waals surface area contributed by atoms with Crippen molar-refractivity contribution in [3.8, 4) is 6.07 Å². The van der Waals surface area contributed by atoms with E-state index in [0.29, 0.717) is 21.7 Å². The van der Waals surface area contributed by atoms with E-state index in [9.17, 15) is 0 Å². The molecule has 0 atom stereocenters. The molecule has 1 N–H and O–H groups in total. The maximum Gasteiger partial charge on any atom is 0.182 e. The molecule has 12 heavy (non-hydrogen) atoms. The molecule has 0 saturated carbocycles. The number of hydrogen-bond acceptors (Lipinski definition) is 3. The minimum atomic E-state index is 0.412. The fraction of sp³-hybridized carbons (Fsp3) is 0. The molecule has 0 aliphatic carbocycles. The van der Waals surface area contributed by atoms with Gasteiger partial charge in [0.05, 0.1) is 10.9 Å². The van der Waals surface area contributed by atoms with Gasteiger partial charge < -0.3 is 0 Å². The molecular formula is C7H3ClN4. The molecule has 0 radical (unpaired) electrons. The van der Waals surface area contributed by atoms with Gasteiger partial charge in [-0.2, -0.15) is 10.4 Å². The smallest absolute Gasteiger partial charge is 0.182 e. The third-order valence-corrected chi connectivity index (χ3v) is 1.78. The van der Waals surface area contributed by atoms with Crippen LogP contribution in [0.2, 0.25) is 5.15 Å². The van der Waals surface area contributed by atoms with E-state index >= 15 is 0 Å². The summed E-state index contributed by atoms with van der Waals surface area (Å²) in [5.41, 5.74) is 1.00. The van der Waals surface area contributed by atoms with E-state index in [0.717, 1.165) is 0 Å². The maximum atomic E-state index is 8.56. The van der Waals surface area contributed by atoms with Gasteiger partial charge in [-0.3, -0.25) is 5.10 Å². The SMILES string of the molecule is N#Cc1cnc2n[nH]c(Cl)c2c1. The average molecular weight is 179 g/mol. The molecule has 0 unspecified atom stereocenters. The van der Waals surface area contributed by atoms with Gasteiger partial charge in [0.1, 0.15) is 11.2 Å². The van der Waals surface area contributed by atoms with E-state index in [-0.39, 0.29) is 0 Å². The lowest BCUT2D eigenvalue weighted by Gasteiger charge is -1.87. The first-order valence-electron chi connectivity index (χ1n) is 3.21. The minimum absolute atomic E-state index is 0.412. The molecule has 2 aromatic heterocycles. The van der Waals surface area contributed by atoms with Crippen LogP contribution < -0.4 is 0 Å². The van der Waals surface area contributed by atoms with Crippen LogP contribution in [0.5, 0.6) is 0 Å². The molecule has 58 valence electrons. The lowest BCUT2D eigenvalue weighted by molar-refractivity contribution is 1.10. The van der Waals surface area contributed by atoms with Crippen LogP contribution in [-0.2, 0) is 0 Å². The number of aromatic amines is 1. The number of nitriles is 1. The molecule has 0 aromatic carbocycles. The highest BCUT2D eigenvalue weighted by molar-refractivity contribution is 6.34. The van der Waals surface area contributed by atoms with E-state index in [1.165, 1.54) is 6.20 Å². The number of rotatable bonds is 0. The Bertz CT molecular complexity index is 468. The van der Waals surface area contributed by atoms with Gasteiger partial charge in [-0.05, 0) is 6.07 Å². The van der Waals surface area contributed by atoms with Crippen molar-refractivity contribution < 1.29 is 0 Å². The summed E-state index contributed by atoms with van der Waals surface area (Å²) in [7, 11) is 0. The van der Waals surface area contributed by atoms with Crippen molar-refractivity contribution >= 4 is 22.6 Å². The zero-order valence-corrected chi connectivity index (χ0v) is 6.63. The van der Waals surface area contributed by atoms with Crippen LogP contribution in [0.15, 0.2) is 12.3 Å². The molecule has 0 fully saturated rings. The molecule has 0 spiro atoms. The molecule has 0 aliphatic rings. The number of aromatic nitrogens is 3. The van der Waals surface area contributed by atoms with Crippen molar-refractivity contribution in [2.75, 3.05) is 0 Å². The quantitative estimate of drug-likeness (QED) is 0.665. The number of H-pyrrole nitrogens is 1. The second-order valence-electron chi connectivity index (χ2n) is 2.24. The molecule has 0 bridgehead atoms. The molecule has 2 aromatic rings. The van der Waals surface area contributed by atoms with Crippen LogP contribution in [0.4, 0.5) is 0 Å². The summed E-state index contributed by atoms with van der Waals surface area (Å²) in [5, 5.41) is 16.0. The summed E-state index contributed by atoms with van der Waals surface area (Å²) in [6.45, 7) is 0. The number of hydrogen-bond donors (Lipinski definition) is 1. The van der Waals surface area contributed by atoms with Gasteiger partial charge in [0.2, 0.25) is 0 Å². The van der Waals surface area contributed by atoms with Gasteiger partial charge in [-0.1, -0.05) is 11.6 Å². The van der Waals surface area contributed by atoms with E-state index < -0.39 is 0 Å². The Morgan fingerprint density at radius 3 is 3.17 bits per heavy atom.